The predicted molar refractivity (Wildman–Crippen MR) is 75.0 cm³/mol. The molecule has 1 aromatic rings. The summed E-state index contributed by atoms with van der Waals surface area (Å²) in [6, 6.07) is 2.22. The Morgan fingerprint density at radius 1 is 1.44 bits per heavy atom. The van der Waals surface area contributed by atoms with Gasteiger partial charge in [0.2, 0.25) is 10.0 Å². The number of aromatic nitrogens is 1. The zero-order valence-electron chi connectivity index (χ0n) is 10.1. The second kappa shape index (κ2) is 5.54. The van der Waals surface area contributed by atoms with Crippen LogP contribution in [0.5, 0.6) is 0 Å². The summed E-state index contributed by atoms with van der Waals surface area (Å²) in [6.07, 6.45) is 6.39. The van der Waals surface area contributed by atoms with Crippen LogP contribution in [0.4, 0.5) is 5.69 Å². The summed E-state index contributed by atoms with van der Waals surface area (Å²) in [5, 5.41) is 3.41. The molecule has 0 saturated carbocycles. The molecule has 0 spiro atoms. The van der Waals surface area contributed by atoms with E-state index in [0.717, 1.165) is 23.0 Å². The van der Waals surface area contributed by atoms with Gasteiger partial charge in [-0.15, -0.1) is 0 Å². The van der Waals surface area contributed by atoms with Gasteiger partial charge in [0.15, 0.2) is 0 Å². The molecule has 0 aromatic carbocycles. The van der Waals surface area contributed by atoms with Crippen LogP contribution in [0.2, 0.25) is 0 Å². The Kier molecular flexibility index (Phi) is 4.24. The number of anilines is 1. The third kappa shape index (κ3) is 3.43. The average molecular weight is 334 g/mol. The highest BCUT2D eigenvalue weighted by Gasteiger charge is 2.24. The van der Waals surface area contributed by atoms with E-state index in [1.807, 2.05) is 6.07 Å². The van der Waals surface area contributed by atoms with Gasteiger partial charge in [-0.05, 0) is 34.8 Å². The van der Waals surface area contributed by atoms with Crippen LogP contribution in [0.3, 0.4) is 0 Å². The fourth-order valence-corrected chi connectivity index (χ4v) is 3.28. The Morgan fingerprint density at radius 2 is 2.11 bits per heavy atom. The Bertz CT molecular complexity index is 513. The Labute approximate surface area is 116 Å². The standard InChI is InChI=1S/C11H16BrN3O2S/c1-18(16,17)15-6-3-9(4-7-15)14-11-2-5-13-8-10(11)12/h2,5,8-9H,3-4,6-7H2,1H3,(H,13,14). The molecule has 100 valence electrons. The SMILES string of the molecule is CS(=O)(=O)N1CCC(Nc2ccncc2Br)CC1. The average Bonchev–Trinajstić information content (AvgIpc) is 2.32. The van der Waals surface area contributed by atoms with Crippen LogP contribution in [-0.4, -0.2) is 43.1 Å². The zero-order valence-corrected chi connectivity index (χ0v) is 12.5. The van der Waals surface area contributed by atoms with Crippen molar-refractivity contribution >= 4 is 31.6 Å². The largest absolute Gasteiger partial charge is 0.381 e. The van der Waals surface area contributed by atoms with Crippen molar-refractivity contribution in [3.8, 4) is 0 Å². The minimum absolute atomic E-state index is 0.307. The van der Waals surface area contributed by atoms with E-state index in [4.69, 9.17) is 0 Å². The minimum Gasteiger partial charge on any atom is -0.381 e. The number of pyridine rings is 1. The monoisotopic (exact) mass is 333 g/mol. The van der Waals surface area contributed by atoms with Crippen molar-refractivity contribution < 1.29 is 8.42 Å². The summed E-state index contributed by atoms with van der Waals surface area (Å²) in [7, 11) is -3.04. The van der Waals surface area contributed by atoms with Crippen molar-refractivity contribution in [1.29, 1.82) is 0 Å². The lowest BCUT2D eigenvalue weighted by Crippen LogP contribution is -2.41. The smallest absolute Gasteiger partial charge is 0.211 e. The first-order valence-electron chi connectivity index (χ1n) is 5.78. The quantitative estimate of drug-likeness (QED) is 0.914. The highest BCUT2D eigenvalue weighted by Crippen LogP contribution is 2.24. The highest BCUT2D eigenvalue weighted by molar-refractivity contribution is 9.10. The van der Waals surface area contributed by atoms with Gasteiger partial charge in [-0.3, -0.25) is 4.98 Å². The molecule has 1 saturated heterocycles. The van der Waals surface area contributed by atoms with Crippen molar-refractivity contribution in [3.05, 3.63) is 22.9 Å². The molecule has 0 bridgehead atoms. The molecule has 1 aliphatic heterocycles. The van der Waals surface area contributed by atoms with Crippen LogP contribution in [0.1, 0.15) is 12.8 Å². The van der Waals surface area contributed by atoms with E-state index in [2.05, 4.69) is 26.2 Å². The molecule has 0 unspecified atom stereocenters. The number of nitrogens with one attached hydrogen (secondary N) is 1. The molecule has 2 rings (SSSR count). The lowest BCUT2D eigenvalue weighted by molar-refractivity contribution is 0.332. The molecule has 2 heterocycles. The van der Waals surface area contributed by atoms with E-state index in [0.29, 0.717) is 19.1 Å². The van der Waals surface area contributed by atoms with Gasteiger partial charge in [-0.25, -0.2) is 12.7 Å². The number of halogens is 1. The molecule has 18 heavy (non-hydrogen) atoms. The fraction of sp³-hybridized carbons (Fsp3) is 0.545. The van der Waals surface area contributed by atoms with E-state index in [1.54, 1.807) is 12.4 Å². The molecular weight excluding hydrogens is 318 g/mol. The Balaban J connectivity index is 1.94. The minimum atomic E-state index is -3.04. The molecule has 1 N–H and O–H groups in total. The number of piperidine rings is 1. The van der Waals surface area contributed by atoms with Crippen LogP contribution >= 0.6 is 15.9 Å². The lowest BCUT2D eigenvalue weighted by atomic mass is 10.1. The maximum Gasteiger partial charge on any atom is 0.211 e. The fourth-order valence-electron chi connectivity index (χ4n) is 2.04. The third-order valence-electron chi connectivity index (χ3n) is 3.06. The van der Waals surface area contributed by atoms with Gasteiger partial charge in [0, 0.05) is 31.5 Å². The number of rotatable bonds is 3. The Morgan fingerprint density at radius 3 is 2.67 bits per heavy atom. The van der Waals surface area contributed by atoms with Crippen LogP contribution in [0.15, 0.2) is 22.9 Å². The molecule has 1 fully saturated rings. The summed E-state index contributed by atoms with van der Waals surface area (Å²) < 4.78 is 25.3. The van der Waals surface area contributed by atoms with Gasteiger partial charge in [0.05, 0.1) is 16.4 Å². The van der Waals surface area contributed by atoms with Crippen LogP contribution in [0.25, 0.3) is 0 Å². The molecule has 5 nitrogen and oxygen atoms in total. The predicted octanol–water partition coefficient (Wildman–Crippen LogP) is 1.68. The second-order valence-electron chi connectivity index (χ2n) is 4.44. The van der Waals surface area contributed by atoms with Gasteiger partial charge in [-0.1, -0.05) is 0 Å². The van der Waals surface area contributed by atoms with Crippen LogP contribution in [0, 0.1) is 0 Å². The highest BCUT2D eigenvalue weighted by atomic mass is 79.9. The first-order chi connectivity index (χ1) is 8.47. The van der Waals surface area contributed by atoms with Gasteiger partial charge in [-0.2, -0.15) is 0 Å². The van der Waals surface area contributed by atoms with E-state index < -0.39 is 10.0 Å². The summed E-state index contributed by atoms with van der Waals surface area (Å²) in [5.74, 6) is 0. The summed E-state index contributed by atoms with van der Waals surface area (Å²) in [5.41, 5.74) is 1.00. The number of hydrogen-bond donors (Lipinski definition) is 1. The topological polar surface area (TPSA) is 62.3 Å². The van der Waals surface area contributed by atoms with Crippen molar-refractivity contribution in [2.75, 3.05) is 24.7 Å². The van der Waals surface area contributed by atoms with Gasteiger partial charge >= 0.3 is 0 Å². The number of nitrogens with zero attached hydrogens (tertiary/aromatic N) is 2. The van der Waals surface area contributed by atoms with E-state index in [-0.39, 0.29) is 0 Å². The van der Waals surface area contributed by atoms with Crippen molar-refractivity contribution in [1.82, 2.24) is 9.29 Å². The summed E-state index contributed by atoms with van der Waals surface area (Å²) in [6.45, 7) is 1.17. The third-order valence-corrected chi connectivity index (χ3v) is 4.99. The first kappa shape index (κ1) is 13.8. The van der Waals surface area contributed by atoms with Crippen molar-refractivity contribution in [2.45, 2.75) is 18.9 Å². The molecular formula is C11H16BrN3O2S. The maximum atomic E-state index is 11.4. The number of hydrogen-bond acceptors (Lipinski definition) is 4. The molecule has 0 aliphatic carbocycles. The van der Waals surface area contributed by atoms with Crippen molar-refractivity contribution in [2.24, 2.45) is 0 Å². The molecule has 1 aromatic heterocycles. The normalized spacial score (nSPS) is 18.8. The molecule has 0 atom stereocenters. The number of sulfonamides is 1. The summed E-state index contributed by atoms with van der Waals surface area (Å²) in [4.78, 5) is 4.01. The van der Waals surface area contributed by atoms with Gasteiger partial charge < -0.3 is 5.32 Å². The molecule has 0 amide bonds. The first-order valence-corrected chi connectivity index (χ1v) is 8.42. The molecule has 0 radical (unpaired) electrons. The van der Waals surface area contributed by atoms with E-state index in [9.17, 15) is 8.42 Å². The summed E-state index contributed by atoms with van der Waals surface area (Å²) >= 11 is 3.44. The van der Waals surface area contributed by atoms with Crippen LogP contribution in [-0.2, 0) is 10.0 Å². The molecule has 1 aliphatic rings. The van der Waals surface area contributed by atoms with E-state index >= 15 is 0 Å². The second-order valence-corrected chi connectivity index (χ2v) is 7.27. The van der Waals surface area contributed by atoms with Crippen LogP contribution < -0.4 is 5.32 Å². The molecule has 7 heteroatoms. The van der Waals surface area contributed by atoms with E-state index in [1.165, 1.54) is 10.6 Å². The lowest BCUT2D eigenvalue weighted by Gasteiger charge is -2.31. The Hall–Kier alpha value is -0.660. The van der Waals surface area contributed by atoms with Crippen molar-refractivity contribution in [3.63, 3.8) is 0 Å². The van der Waals surface area contributed by atoms with Gasteiger partial charge in [0.25, 0.3) is 0 Å². The maximum absolute atomic E-state index is 11.4. The van der Waals surface area contributed by atoms with Gasteiger partial charge in [0.1, 0.15) is 0 Å². The zero-order chi connectivity index (χ0) is 13.2.